The van der Waals surface area contributed by atoms with Crippen molar-refractivity contribution in [3.8, 4) is 0 Å². The minimum absolute atomic E-state index is 0.171. The van der Waals surface area contributed by atoms with Crippen LogP contribution in [0.2, 0.25) is 0 Å². The van der Waals surface area contributed by atoms with E-state index in [0.29, 0.717) is 0 Å². The molecule has 1 heterocycles. The van der Waals surface area contributed by atoms with Crippen molar-refractivity contribution in [1.82, 2.24) is 10.2 Å². The summed E-state index contributed by atoms with van der Waals surface area (Å²) < 4.78 is 0. The highest BCUT2D eigenvalue weighted by Crippen LogP contribution is 2.19. The molecule has 0 radical (unpaired) electrons. The minimum Gasteiger partial charge on any atom is -0.283 e. The lowest BCUT2D eigenvalue weighted by Crippen LogP contribution is -2.11. The van der Waals surface area contributed by atoms with Gasteiger partial charge in [0.05, 0.1) is 5.69 Å². The smallest absolute Gasteiger partial charge is 0.0678 e. The first-order chi connectivity index (χ1) is 4.50. The Hall–Kier alpha value is -0.790. The number of nitrogens with one attached hydrogen (secondary N) is 1. The molecule has 0 aliphatic carbocycles. The van der Waals surface area contributed by atoms with E-state index >= 15 is 0 Å². The lowest BCUT2D eigenvalue weighted by atomic mass is 9.92. The summed E-state index contributed by atoms with van der Waals surface area (Å²) >= 11 is 0. The van der Waals surface area contributed by atoms with Gasteiger partial charge >= 0.3 is 0 Å². The van der Waals surface area contributed by atoms with Crippen molar-refractivity contribution in [2.75, 3.05) is 0 Å². The van der Waals surface area contributed by atoms with E-state index in [1.807, 2.05) is 6.92 Å². The van der Waals surface area contributed by atoms with Gasteiger partial charge in [-0.05, 0) is 13.0 Å². The molecule has 1 N–H and O–H groups in total. The molecule has 0 aliphatic rings. The molecule has 56 valence electrons. The second-order valence-corrected chi connectivity index (χ2v) is 3.69. The molecule has 2 nitrogen and oxygen atoms in total. The van der Waals surface area contributed by atoms with Crippen molar-refractivity contribution in [3.05, 3.63) is 17.5 Å². The number of aromatic amines is 1. The number of H-pyrrole nitrogens is 1. The van der Waals surface area contributed by atoms with Gasteiger partial charge in [0.2, 0.25) is 0 Å². The average Bonchev–Trinajstić information content (AvgIpc) is 2.11. The van der Waals surface area contributed by atoms with Gasteiger partial charge in [0.25, 0.3) is 0 Å². The summed E-state index contributed by atoms with van der Waals surface area (Å²) in [5.74, 6) is 0. The van der Waals surface area contributed by atoms with Crippen molar-refractivity contribution >= 4 is 0 Å². The second-order valence-electron chi connectivity index (χ2n) is 3.69. The molecule has 1 aromatic rings. The van der Waals surface area contributed by atoms with Crippen LogP contribution in [0.3, 0.4) is 0 Å². The quantitative estimate of drug-likeness (QED) is 0.583. The highest BCUT2D eigenvalue weighted by Gasteiger charge is 2.15. The zero-order valence-electron chi connectivity index (χ0n) is 7.02. The Bertz CT molecular complexity index is 217. The Morgan fingerprint density at radius 2 is 2.00 bits per heavy atom. The molecule has 0 aliphatic heterocycles. The summed E-state index contributed by atoms with van der Waals surface area (Å²) in [7, 11) is 0. The standard InChI is InChI=1S/C8H14N2/c1-6-5-7(10-9-6)8(2,3)4/h5H,1-4H3,(H,9,10). The maximum atomic E-state index is 4.16. The van der Waals surface area contributed by atoms with Crippen LogP contribution in [0.15, 0.2) is 6.07 Å². The van der Waals surface area contributed by atoms with Crippen molar-refractivity contribution in [2.24, 2.45) is 0 Å². The van der Waals surface area contributed by atoms with Crippen LogP contribution in [0.5, 0.6) is 0 Å². The Labute approximate surface area is 61.7 Å². The van der Waals surface area contributed by atoms with Gasteiger partial charge in [-0.3, -0.25) is 5.10 Å². The van der Waals surface area contributed by atoms with Crippen LogP contribution in [0.25, 0.3) is 0 Å². The van der Waals surface area contributed by atoms with E-state index in [0.717, 1.165) is 11.4 Å². The average molecular weight is 138 g/mol. The number of rotatable bonds is 0. The number of aromatic nitrogens is 2. The Kier molecular flexibility index (Phi) is 1.55. The van der Waals surface area contributed by atoms with Crippen molar-refractivity contribution < 1.29 is 0 Å². The summed E-state index contributed by atoms with van der Waals surface area (Å²) in [6, 6.07) is 2.08. The lowest BCUT2D eigenvalue weighted by molar-refractivity contribution is 0.567. The predicted octanol–water partition coefficient (Wildman–Crippen LogP) is 2.02. The SMILES string of the molecule is Cc1cc(C(C)(C)C)n[nH]1. The highest BCUT2D eigenvalue weighted by molar-refractivity contribution is 5.14. The highest BCUT2D eigenvalue weighted by atomic mass is 15.1. The predicted molar refractivity (Wildman–Crippen MR) is 42.0 cm³/mol. The number of nitrogens with zero attached hydrogens (tertiary/aromatic N) is 1. The Morgan fingerprint density at radius 3 is 2.20 bits per heavy atom. The Balaban J connectivity index is 2.96. The van der Waals surface area contributed by atoms with Crippen LogP contribution in [0.4, 0.5) is 0 Å². The number of hydrogen-bond acceptors (Lipinski definition) is 1. The maximum Gasteiger partial charge on any atom is 0.0678 e. The molecule has 0 bridgehead atoms. The van der Waals surface area contributed by atoms with Crippen molar-refractivity contribution in [2.45, 2.75) is 33.1 Å². The van der Waals surface area contributed by atoms with Gasteiger partial charge in [0, 0.05) is 11.1 Å². The van der Waals surface area contributed by atoms with Gasteiger partial charge in [-0.1, -0.05) is 20.8 Å². The molecule has 0 fully saturated rings. The van der Waals surface area contributed by atoms with Crippen molar-refractivity contribution in [1.29, 1.82) is 0 Å². The molecule has 0 amide bonds. The first kappa shape index (κ1) is 7.32. The largest absolute Gasteiger partial charge is 0.283 e. The van der Waals surface area contributed by atoms with Crippen LogP contribution >= 0.6 is 0 Å². The normalized spacial score (nSPS) is 12.0. The van der Waals surface area contributed by atoms with Gasteiger partial charge < -0.3 is 0 Å². The van der Waals surface area contributed by atoms with E-state index in [1.54, 1.807) is 0 Å². The molecule has 0 saturated carbocycles. The third kappa shape index (κ3) is 1.38. The van der Waals surface area contributed by atoms with Crippen LogP contribution in [-0.2, 0) is 5.41 Å². The number of hydrogen-bond donors (Lipinski definition) is 1. The van der Waals surface area contributed by atoms with Crippen LogP contribution in [-0.4, -0.2) is 10.2 Å². The fourth-order valence-electron chi connectivity index (χ4n) is 0.802. The van der Waals surface area contributed by atoms with Gasteiger partial charge in [0.1, 0.15) is 0 Å². The summed E-state index contributed by atoms with van der Waals surface area (Å²) in [6.07, 6.45) is 0. The molecule has 0 atom stereocenters. The van der Waals surface area contributed by atoms with E-state index < -0.39 is 0 Å². The van der Waals surface area contributed by atoms with E-state index in [4.69, 9.17) is 0 Å². The van der Waals surface area contributed by atoms with Gasteiger partial charge in [0.15, 0.2) is 0 Å². The molecule has 0 aromatic carbocycles. The monoisotopic (exact) mass is 138 g/mol. The molecule has 1 aromatic heterocycles. The van der Waals surface area contributed by atoms with Crippen LogP contribution < -0.4 is 0 Å². The van der Waals surface area contributed by atoms with Crippen LogP contribution in [0, 0.1) is 6.92 Å². The van der Waals surface area contributed by atoms with Gasteiger partial charge in [-0.2, -0.15) is 5.10 Å². The van der Waals surface area contributed by atoms with Crippen LogP contribution in [0.1, 0.15) is 32.2 Å². The van der Waals surface area contributed by atoms with E-state index in [9.17, 15) is 0 Å². The topological polar surface area (TPSA) is 28.7 Å². The lowest BCUT2D eigenvalue weighted by Gasteiger charge is -2.13. The zero-order chi connectivity index (χ0) is 7.78. The summed E-state index contributed by atoms with van der Waals surface area (Å²) in [5.41, 5.74) is 2.43. The van der Waals surface area contributed by atoms with E-state index in [-0.39, 0.29) is 5.41 Å². The van der Waals surface area contributed by atoms with E-state index in [2.05, 4.69) is 37.0 Å². The summed E-state index contributed by atoms with van der Waals surface area (Å²) in [4.78, 5) is 0. The molecule has 0 saturated heterocycles. The molecule has 0 unspecified atom stereocenters. The molecule has 0 spiro atoms. The van der Waals surface area contributed by atoms with E-state index in [1.165, 1.54) is 0 Å². The third-order valence-corrected chi connectivity index (χ3v) is 1.47. The third-order valence-electron chi connectivity index (χ3n) is 1.47. The molecule has 10 heavy (non-hydrogen) atoms. The van der Waals surface area contributed by atoms with Gasteiger partial charge in [-0.25, -0.2) is 0 Å². The molecular formula is C8H14N2. The molecule has 2 heteroatoms. The fraction of sp³-hybridized carbons (Fsp3) is 0.625. The minimum atomic E-state index is 0.171. The first-order valence-corrected chi connectivity index (χ1v) is 3.52. The first-order valence-electron chi connectivity index (χ1n) is 3.52. The zero-order valence-corrected chi connectivity index (χ0v) is 7.02. The second kappa shape index (κ2) is 2.11. The molecular weight excluding hydrogens is 124 g/mol. The number of aryl methyl sites for hydroxylation is 1. The van der Waals surface area contributed by atoms with Crippen molar-refractivity contribution in [3.63, 3.8) is 0 Å². The van der Waals surface area contributed by atoms with Gasteiger partial charge in [-0.15, -0.1) is 0 Å². The maximum absolute atomic E-state index is 4.16. The molecule has 1 rings (SSSR count). The Morgan fingerprint density at radius 1 is 1.40 bits per heavy atom. The fourth-order valence-corrected chi connectivity index (χ4v) is 0.802. The summed E-state index contributed by atoms with van der Waals surface area (Å²) in [5, 5.41) is 7.09. The summed E-state index contributed by atoms with van der Waals surface area (Å²) in [6.45, 7) is 8.48.